The maximum atomic E-state index is 11.7. The van der Waals surface area contributed by atoms with Crippen LogP contribution in [0.25, 0.3) is 0 Å². The third-order valence-corrected chi connectivity index (χ3v) is 4.49. The van der Waals surface area contributed by atoms with E-state index < -0.39 is 0 Å². The molecule has 0 radical (unpaired) electrons. The minimum atomic E-state index is -0.0402. The first kappa shape index (κ1) is 16.8. The van der Waals surface area contributed by atoms with Gasteiger partial charge in [0.15, 0.2) is 0 Å². The highest BCUT2D eigenvalue weighted by Gasteiger charge is 2.25. The Morgan fingerprint density at radius 2 is 2.00 bits per heavy atom. The van der Waals surface area contributed by atoms with Crippen molar-refractivity contribution in [3.63, 3.8) is 0 Å². The van der Waals surface area contributed by atoms with E-state index in [0.717, 1.165) is 45.6 Å². The molecule has 0 aromatic heterocycles. The van der Waals surface area contributed by atoms with E-state index in [1.54, 1.807) is 0 Å². The number of nitrogens with one attached hydrogen (secondary N) is 1. The molecule has 0 aliphatic carbocycles. The Labute approximate surface area is 133 Å². The molecular weight excluding hydrogens is 276 g/mol. The summed E-state index contributed by atoms with van der Waals surface area (Å²) >= 11 is 0. The van der Waals surface area contributed by atoms with Gasteiger partial charge >= 0.3 is 0 Å². The number of benzene rings is 1. The first-order chi connectivity index (χ1) is 10.7. The van der Waals surface area contributed by atoms with E-state index in [0.29, 0.717) is 0 Å². The molecule has 1 fully saturated rings. The molecule has 22 heavy (non-hydrogen) atoms. The topological polar surface area (TPSA) is 61.6 Å². The molecular formula is C17H28N4O. The summed E-state index contributed by atoms with van der Waals surface area (Å²) in [6.07, 6.45) is 1.98. The normalized spacial score (nSPS) is 19.0. The van der Waals surface area contributed by atoms with Crippen LogP contribution >= 0.6 is 0 Å². The average Bonchev–Trinajstić information content (AvgIpc) is 2.57. The van der Waals surface area contributed by atoms with Gasteiger partial charge in [-0.1, -0.05) is 12.1 Å². The summed E-state index contributed by atoms with van der Waals surface area (Å²) in [6, 6.07) is 8.77. The SMILES string of the molecule is CCN(CC)c1ccc(CN2CCCC(C(=O)NN)C2)cc1. The van der Waals surface area contributed by atoms with Gasteiger partial charge in [-0.25, -0.2) is 5.84 Å². The van der Waals surface area contributed by atoms with Crippen LogP contribution < -0.4 is 16.2 Å². The molecule has 1 aliphatic heterocycles. The van der Waals surface area contributed by atoms with E-state index in [1.807, 2.05) is 0 Å². The number of hydrogen-bond donors (Lipinski definition) is 2. The van der Waals surface area contributed by atoms with E-state index in [4.69, 9.17) is 5.84 Å². The molecule has 1 amide bonds. The second kappa shape index (κ2) is 8.15. The number of carbonyl (C=O) groups excluding carboxylic acids is 1. The highest BCUT2D eigenvalue weighted by Crippen LogP contribution is 2.20. The first-order valence-electron chi connectivity index (χ1n) is 8.24. The van der Waals surface area contributed by atoms with Gasteiger partial charge in [0.1, 0.15) is 0 Å². The molecule has 0 bridgehead atoms. The second-order valence-electron chi connectivity index (χ2n) is 5.92. The third kappa shape index (κ3) is 4.21. The van der Waals surface area contributed by atoms with Gasteiger partial charge in [-0.05, 0) is 50.9 Å². The largest absolute Gasteiger partial charge is 0.372 e. The zero-order valence-corrected chi connectivity index (χ0v) is 13.7. The summed E-state index contributed by atoms with van der Waals surface area (Å²) in [5.74, 6) is 5.23. The number of amides is 1. The summed E-state index contributed by atoms with van der Waals surface area (Å²) < 4.78 is 0. The Morgan fingerprint density at radius 1 is 1.32 bits per heavy atom. The fraction of sp³-hybridized carbons (Fsp3) is 0.588. The van der Waals surface area contributed by atoms with Crippen LogP contribution in [0.2, 0.25) is 0 Å². The molecule has 1 heterocycles. The van der Waals surface area contributed by atoms with Crippen LogP contribution in [0.1, 0.15) is 32.3 Å². The third-order valence-electron chi connectivity index (χ3n) is 4.49. The van der Waals surface area contributed by atoms with Crippen LogP contribution in [0.3, 0.4) is 0 Å². The maximum Gasteiger partial charge on any atom is 0.238 e. The molecule has 1 atom stereocenters. The van der Waals surface area contributed by atoms with Gasteiger partial charge < -0.3 is 4.90 Å². The van der Waals surface area contributed by atoms with Gasteiger partial charge in [-0.3, -0.25) is 15.1 Å². The van der Waals surface area contributed by atoms with E-state index in [-0.39, 0.29) is 11.8 Å². The predicted molar refractivity (Wildman–Crippen MR) is 90.3 cm³/mol. The number of likely N-dealkylation sites (tertiary alicyclic amines) is 1. The Kier molecular flexibility index (Phi) is 6.21. The van der Waals surface area contributed by atoms with Crippen molar-refractivity contribution in [2.45, 2.75) is 33.2 Å². The number of hydrazine groups is 1. The lowest BCUT2D eigenvalue weighted by molar-refractivity contribution is -0.126. The minimum absolute atomic E-state index is 0.0219. The van der Waals surface area contributed by atoms with E-state index in [2.05, 4.69) is 53.3 Å². The molecule has 1 unspecified atom stereocenters. The molecule has 1 aromatic rings. The fourth-order valence-corrected chi connectivity index (χ4v) is 3.19. The number of piperidine rings is 1. The summed E-state index contributed by atoms with van der Waals surface area (Å²) in [4.78, 5) is 16.4. The molecule has 5 nitrogen and oxygen atoms in total. The summed E-state index contributed by atoms with van der Waals surface area (Å²) in [5, 5.41) is 0. The second-order valence-corrected chi connectivity index (χ2v) is 5.92. The molecule has 0 spiro atoms. The van der Waals surface area contributed by atoms with Gasteiger partial charge in [-0.2, -0.15) is 0 Å². The van der Waals surface area contributed by atoms with Crippen LogP contribution in [0.4, 0.5) is 5.69 Å². The van der Waals surface area contributed by atoms with Gasteiger partial charge in [0.05, 0.1) is 5.92 Å². The van der Waals surface area contributed by atoms with Crippen molar-refractivity contribution < 1.29 is 4.79 Å². The van der Waals surface area contributed by atoms with Crippen molar-refractivity contribution >= 4 is 11.6 Å². The molecule has 0 saturated carbocycles. The molecule has 1 aromatic carbocycles. The van der Waals surface area contributed by atoms with Gasteiger partial charge in [-0.15, -0.1) is 0 Å². The van der Waals surface area contributed by atoms with E-state index >= 15 is 0 Å². The number of nitrogens with two attached hydrogens (primary N) is 1. The summed E-state index contributed by atoms with van der Waals surface area (Å²) in [6.45, 7) is 9.14. The number of rotatable bonds is 6. The number of hydrogen-bond acceptors (Lipinski definition) is 4. The van der Waals surface area contributed by atoms with Crippen LogP contribution in [0.15, 0.2) is 24.3 Å². The average molecular weight is 304 g/mol. The standard InChI is InChI=1S/C17H28N4O/c1-3-21(4-2)16-9-7-14(8-10-16)12-20-11-5-6-15(13-20)17(22)19-18/h7-10,15H,3-6,11-13,18H2,1-2H3,(H,19,22). The fourth-order valence-electron chi connectivity index (χ4n) is 3.19. The van der Waals surface area contributed by atoms with Crippen molar-refractivity contribution in [2.75, 3.05) is 31.1 Å². The van der Waals surface area contributed by atoms with Gasteiger partial charge in [0.25, 0.3) is 0 Å². The molecule has 1 aliphatic rings. The van der Waals surface area contributed by atoms with Crippen LogP contribution in [0.5, 0.6) is 0 Å². The lowest BCUT2D eigenvalue weighted by Gasteiger charge is -2.31. The number of anilines is 1. The van der Waals surface area contributed by atoms with Crippen molar-refractivity contribution in [3.8, 4) is 0 Å². The van der Waals surface area contributed by atoms with Crippen LogP contribution in [-0.4, -0.2) is 37.0 Å². The zero-order valence-electron chi connectivity index (χ0n) is 13.7. The monoisotopic (exact) mass is 304 g/mol. The molecule has 3 N–H and O–H groups in total. The van der Waals surface area contributed by atoms with Crippen LogP contribution in [0, 0.1) is 5.92 Å². The number of nitrogens with zero attached hydrogens (tertiary/aromatic N) is 2. The van der Waals surface area contributed by atoms with Crippen molar-refractivity contribution in [1.29, 1.82) is 0 Å². The van der Waals surface area contributed by atoms with Crippen molar-refractivity contribution in [3.05, 3.63) is 29.8 Å². The molecule has 2 rings (SSSR count). The Morgan fingerprint density at radius 3 is 2.59 bits per heavy atom. The summed E-state index contributed by atoms with van der Waals surface area (Å²) in [5.41, 5.74) is 4.85. The zero-order chi connectivity index (χ0) is 15.9. The molecule has 5 heteroatoms. The molecule has 122 valence electrons. The van der Waals surface area contributed by atoms with Crippen molar-refractivity contribution in [2.24, 2.45) is 11.8 Å². The Bertz CT molecular complexity index is 470. The number of carbonyl (C=O) groups is 1. The van der Waals surface area contributed by atoms with E-state index in [1.165, 1.54) is 11.3 Å². The summed E-state index contributed by atoms with van der Waals surface area (Å²) in [7, 11) is 0. The highest BCUT2D eigenvalue weighted by atomic mass is 16.2. The molecule has 1 saturated heterocycles. The smallest absolute Gasteiger partial charge is 0.238 e. The van der Waals surface area contributed by atoms with Gasteiger partial charge in [0.2, 0.25) is 5.91 Å². The Balaban J connectivity index is 1.94. The highest BCUT2D eigenvalue weighted by molar-refractivity contribution is 5.78. The maximum absolute atomic E-state index is 11.7. The first-order valence-corrected chi connectivity index (χ1v) is 8.24. The van der Waals surface area contributed by atoms with Crippen LogP contribution in [-0.2, 0) is 11.3 Å². The van der Waals surface area contributed by atoms with E-state index in [9.17, 15) is 4.79 Å². The quantitative estimate of drug-likeness (QED) is 0.477. The van der Waals surface area contributed by atoms with Gasteiger partial charge in [0, 0.05) is 31.9 Å². The minimum Gasteiger partial charge on any atom is -0.372 e. The lowest BCUT2D eigenvalue weighted by Crippen LogP contribution is -2.44. The Hall–Kier alpha value is -1.59. The lowest BCUT2D eigenvalue weighted by atomic mass is 9.97. The van der Waals surface area contributed by atoms with Crippen molar-refractivity contribution in [1.82, 2.24) is 10.3 Å². The predicted octanol–water partition coefficient (Wildman–Crippen LogP) is 1.73.